The van der Waals surface area contributed by atoms with Crippen molar-refractivity contribution in [3.63, 3.8) is 0 Å². The third-order valence-corrected chi connectivity index (χ3v) is 4.38. The molecule has 0 radical (unpaired) electrons. The van der Waals surface area contributed by atoms with Crippen molar-refractivity contribution in [3.8, 4) is 0 Å². The van der Waals surface area contributed by atoms with Crippen molar-refractivity contribution in [2.75, 3.05) is 33.7 Å². The Hall–Kier alpha value is -1.96. The van der Waals surface area contributed by atoms with Crippen LogP contribution in [0.4, 0.5) is 4.39 Å². The summed E-state index contributed by atoms with van der Waals surface area (Å²) < 4.78 is 13.5. The van der Waals surface area contributed by atoms with E-state index in [9.17, 15) is 9.18 Å². The average Bonchev–Trinajstić information content (AvgIpc) is 3.02. The summed E-state index contributed by atoms with van der Waals surface area (Å²) in [4.78, 5) is 16.8. The molecule has 0 atom stereocenters. The van der Waals surface area contributed by atoms with E-state index < -0.39 is 0 Å². The molecule has 2 heterocycles. The molecule has 1 amide bonds. The smallest absolute Gasteiger partial charge is 0.275 e. The number of carbonyl (C=O) groups is 1. The Balaban J connectivity index is 0.00000243. The lowest BCUT2D eigenvalue weighted by Crippen LogP contribution is -2.37. The topological polar surface area (TPSA) is 64.3 Å². The van der Waals surface area contributed by atoms with E-state index in [4.69, 9.17) is 0 Å². The highest BCUT2D eigenvalue weighted by molar-refractivity contribution is 5.94. The number of hydrogen-bond donors (Lipinski definition) is 2. The number of likely N-dealkylation sites (N-methyl/N-ethyl adjacent to an activating group) is 1. The molecule has 6 nitrogen and oxygen atoms in total. The maximum atomic E-state index is 13.5. The number of amides is 1. The Morgan fingerprint density at radius 2 is 2.12 bits per heavy atom. The van der Waals surface area contributed by atoms with Crippen LogP contribution in [0.1, 0.15) is 27.3 Å². The van der Waals surface area contributed by atoms with Gasteiger partial charge in [-0.05, 0) is 31.8 Å². The van der Waals surface area contributed by atoms with Gasteiger partial charge in [-0.1, -0.05) is 12.1 Å². The summed E-state index contributed by atoms with van der Waals surface area (Å²) >= 11 is 0. The fourth-order valence-corrected chi connectivity index (χ4v) is 2.98. The van der Waals surface area contributed by atoms with Crippen molar-refractivity contribution in [1.82, 2.24) is 25.3 Å². The van der Waals surface area contributed by atoms with Gasteiger partial charge in [0.05, 0.1) is 0 Å². The molecule has 0 bridgehead atoms. The van der Waals surface area contributed by atoms with Crippen LogP contribution in [0, 0.1) is 5.82 Å². The van der Waals surface area contributed by atoms with Gasteiger partial charge in [-0.15, -0.1) is 12.4 Å². The van der Waals surface area contributed by atoms with Gasteiger partial charge in [-0.2, -0.15) is 5.10 Å². The van der Waals surface area contributed by atoms with Gasteiger partial charge in [0.2, 0.25) is 0 Å². The van der Waals surface area contributed by atoms with Crippen LogP contribution in [0.25, 0.3) is 0 Å². The molecule has 2 aromatic rings. The Morgan fingerprint density at radius 3 is 2.85 bits per heavy atom. The van der Waals surface area contributed by atoms with Crippen LogP contribution in [0.3, 0.4) is 0 Å². The fraction of sp³-hybridized carbons (Fsp3) is 0.444. The van der Waals surface area contributed by atoms with Crippen LogP contribution < -0.4 is 5.32 Å². The molecule has 0 saturated heterocycles. The molecule has 26 heavy (non-hydrogen) atoms. The van der Waals surface area contributed by atoms with Gasteiger partial charge >= 0.3 is 0 Å². The Morgan fingerprint density at radius 1 is 1.31 bits per heavy atom. The van der Waals surface area contributed by atoms with Crippen molar-refractivity contribution in [3.05, 3.63) is 52.6 Å². The number of nitrogens with zero attached hydrogens (tertiary/aromatic N) is 3. The van der Waals surface area contributed by atoms with Crippen LogP contribution in [0.5, 0.6) is 0 Å². The SMILES string of the molecule is CN(C)CCN(Cc1cccc(F)c1)C(=O)c1n[nH]c2c1CNCC2.Cl. The predicted octanol–water partition coefficient (Wildman–Crippen LogP) is 1.82. The van der Waals surface area contributed by atoms with E-state index in [-0.39, 0.29) is 24.1 Å². The summed E-state index contributed by atoms with van der Waals surface area (Å²) in [7, 11) is 3.93. The second-order valence-corrected chi connectivity index (χ2v) is 6.62. The number of nitrogens with one attached hydrogen (secondary N) is 2. The molecule has 1 aliphatic rings. The standard InChI is InChI=1S/C18H24FN5O.ClH/c1-23(2)8-9-24(12-13-4-3-5-14(19)10-13)18(25)17-15-11-20-7-6-16(15)21-22-17;/h3-5,10,20H,6-9,11-12H2,1-2H3,(H,21,22);1H. The number of H-pyrrole nitrogens is 1. The second-order valence-electron chi connectivity index (χ2n) is 6.62. The predicted molar refractivity (Wildman–Crippen MR) is 101 cm³/mol. The number of aromatic nitrogens is 2. The molecular formula is C18H25ClFN5O. The van der Waals surface area contributed by atoms with E-state index in [1.165, 1.54) is 12.1 Å². The first-order valence-electron chi connectivity index (χ1n) is 8.50. The number of fused-ring (bicyclic) bond motifs is 1. The Bertz CT molecular complexity index is 749. The first kappa shape index (κ1) is 20.4. The van der Waals surface area contributed by atoms with Crippen LogP contribution in [-0.4, -0.2) is 59.6 Å². The minimum Gasteiger partial charge on any atom is -0.332 e. The maximum absolute atomic E-state index is 13.5. The van der Waals surface area contributed by atoms with Crippen molar-refractivity contribution in [2.24, 2.45) is 0 Å². The van der Waals surface area contributed by atoms with E-state index >= 15 is 0 Å². The van der Waals surface area contributed by atoms with E-state index in [2.05, 4.69) is 15.5 Å². The third-order valence-electron chi connectivity index (χ3n) is 4.38. The summed E-state index contributed by atoms with van der Waals surface area (Å²) in [6.07, 6.45) is 0.844. The van der Waals surface area contributed by atoms with Gasteiger partial charge in [-0.3, -0.25) is 9.89 Å². The minimum absolute atomic E-state index is 0. The zero-order chi connectivity index (χ0) is 17.8. The molecule has 0 aliphatic carbocycles. The monoisotopic (exact) mass is 381 g/mol. The van der Waals surface area contributed by atoms with Gasteiger partial charge in [-0.25, -0.2) is 4.39 Å². The number of rotatable bonds is 6. The number of benzene rings is 1. The van der Waals surface area contributed by atoms with Gasteiger partial charge in [0.25, 0.3) is 5.91 Å². The zero-order valence-electron chi connectivity index (χ0n) is 15.1. The van der Waals surface area contributed by atoms with Crippen molar-refractivity contribution in [1.29, 1.82) is 0 Å². The number of hydrogen-bond acceptors (Lipinski definition) is 4. The third kappa shape index (κ3) is 4.81. The molecule has 0 spiro atoms. The van der Waals surface area contributed by atoms with Gasteiger partial charge < -0.3 is 15.1 Å². The highest BCUT2D eigenvalue weighted by atomic mass is 35.5. The number of carbonyl (C=O) groups excluding carboxylic acids is 1. The number of halogens is 2. The largest absolute Gasteiger partial charge is 0.332 e. The van der Waals surface area contributed by atoms with Crippen LogP contribution >= 0.6 is 12.4 Å². The van der Waals surface area contributed by atoms with E-state index in [1.54, 1.807) is 11.0 Å². The zero-order valence-corrected chi connectivity index (χ0v) is 15.9. The first-order valence-corrected chi connectivity index (χ1v) is 8.50. The van der Waals surface area contributed by atoms with Crippen LogP contribution in [0.2, 0.25) is 0 Å². The van der Waals surface area contributed by atoms with E-state index in [1.807, 2.05) is 25.1 Å². The Labute approximate surface area is 159 Å². The molecule has 0 saturated carbocycles. The van der Waals surface area contributed by atoms with Gasteiger partial charge in [0.15, 0.2) is 5.69 Å². The lowest BCUT2D eigenvalue weighted by Gasteiger charge is -2.24. The van der Waals surface area contributed by atoms with Crippen molar-refractivity contribution in [2.45, 2.75) is 19.5 Å². The number of aromatic amines is 1. The summed E-state index contributed by atoms with van der Waals surface area (Å²) in [5.41, 5.74) is 3.22. The normalized spacial score (nSPS) is 13.2. The van der Waals surface area contributed by atoms with Gasteiger partial charge in [0.1, 0.15) is 5.82 Å². The minimum atomic E-state index is -0.293. The lowest BCUT2D eigenvalue weighted by molar-refractivity contribution is 0.0724. The highest BCUT2D eigenvalue weighted by Gasteiger charge is 2.25. The van der Waals surface area contributed by atoms with E-state index in [0.717, 1.165) is 36.3 Å². The molecule has 142 valence electrons. The fourth-order valence-electron chi connectivity index (χ4n) is 2.98. The molecule has 1 aromatic carbocycles. The average molecular weight is 382 g/mol. The first-order chi connectivity index (χ1) is 12.0. The van der Waals surface area contributed by atoms with Crippen LogP contribution in [-0.2, 0) is 19.5 Å². The molecule has 2 N–H and O–H groups in total. The summed E-state index contributed by atoms with van der Waals surface area (Å²) in [6.45, 7) is 3.17. The Kier molecular flexibility index (Phi) is 7.14. The lowest BCUT2D eigenvalue weighted by atomic mass is 10.1. The van der Waals surface area contributed by atoms with Crippen LogP contribution in [0.15, 0.2) is 24.3 Å². The molecule has 3 rings (SSSR count). The molecule has 0 unspecified atom stereocenters. The summed E-state index contributed by atoms with van der Waals surface area (Å²) in [5.74, 6) is -0.411. The quantitative estimate of drug-likeness (QED) is 0.801. The summed E-state index contributed by atoms with van der Waals surface area (Å²) in [6, 6.07) is 6.38. The highest BCUT2D eigenvalue weighted by Crippen LogP contribution is 2.18. The molecule has 1 aromatic heterocycles. The molecule has 0 fully saturated rings. The second kappa shape index (κ2) is 9.12. The molecule has 1 aliphatic heterocycles. The van der Waals surface area contributed by atoms with Crippen molar-refractivity contribution < 1.29 is 9.18 Å². The molecule has 8 heteroatoms. The van der Waals surface area contributed by atoms with Crippen molar-refractivity contribution >= 4 is 18.3 Å². The maximum Gasteiger partial charge on any atom is 0.275 e. The summed E-state index contributed by atoms with van der Waals surface area (Å²) in [5, 5.41) is 10.5. The van der Waals surface area contributed by atoms with E-state index in [0.29, 0.717) is 25.3 Å². The molecular weight excluding hydrogens is 357 g/mol. The van der Waals surface area contributed by atoms with Gasteiger partial charge in [0, 0.05) is 50.4 Å².